The third-order valence-corrected chi connectivity index (χ3v) is 7.87. The van der Waals surface area contributed by atoms with Crippen LogP contribution >= 0.6 is 0 Å². The normalized spacial score (nSPS) is 25.0. The summed E-state index contributed by atoms with van der Waals surface area (Å²) in [6.07, 6.45) is 6.90. The third kappa shape index (κ3) is 3.51. The number of hydrogen-bond acceptors (Lipinski definition) is 4. The van der Waals surface area contributed by atoms with Gasteiger partial charge < -0.3 is 5.11 Å². The first kappa shape index (κ1) is 19.8. The van der Waals surface area contributed by atoms with Gasteiger partial charge in [-0.3, -0.25) is 0 Å². The monoisotopic (exact) mass is 408 g/mol. The van der Waals surface area contributed by atoms with Crippen LogP contribution in [-0.4, -0.2) is 36.5 Å². The summed E-state index contributed by atoms with van der Waals surface area (Å²) in [6, 6.07) is 16.8. The summed E-state index contributed by atoms with van der Waals surface area (Å²) < 4.78 is 27.3. The summed E-state index contributed by atoms with van der Waals surface area (Å²) in [6.45, 7) is -0.332. The molecule has 5 nitrogen and oxygen atoms in total. The molecule has 6 heteroatoms. The zero-order valence-electron chi connectivity index (χ0n) is 16.1. The number of aliphatic hydroxyl groups excluding tert-OH is 1. The van der Waals surface area contributed by atoms with Gasteiger partial charge in [-0.1, -0.05) is 48.5 Å². The van der Waals surface area contributed by atoms with Crippen LogP contribution < -0.4 is 0 Å². The first-order valence-electron chi connectivity index (χ1n) is 9.96. The highest BCUT2D eigenvalue weighted by atomic mass is 32.2. The van der Waals surface area contributed by atoms with E-state index in [1.807, 2.05) is 24.3 Å². The fourth-order valence-electron chi connectivity index (χ4n) is 4.43. The number of nitriles is 1. The van der Waals surface area contributed by atoms with Gasteiger partial charge in [0.15, 0.2) is 0 Å². The number of benzene rings is 2. The standard InChI is InChI=1S/C23H24N2O3S/c24-15-21-23(19-13-11-18(12-14-19)17-7-3-1-4-8-17)22(16-26)25(21)29(27,28)20-9-5-2-6-10-20/h2,5-7,9-14,21-23,26H,1,3-4,8,16H2/t21-,22+,23+/m1/s1. The van der Waals surface area contributed by atoms with Crippen LogP contribution in [0.5, 0.6) is 0 Å². The molecule has 0 saturated carbocycles. The van der Waals surface area contributed by atoms with Gasteiger partial charge in [-0.15, -0.1) is 0 Å². The van der Waals surface area contributed by atoms with Crippen molar-refractivity contribution in [2.24, 2.45) is 0 Å². The lowest BCUT2D eigenvalue weighted by atomic mass is 9.78. The van der Waals surface area contributed by atoms with Gasteiger partial charge in [0, 0.05) is 5.92 Å². The fourth-order valence-corrected chi connectivity index (χ4v) is 6.21. The van der Waals surface area contributed by atoms with Crippen LogP contribution in [0.25, 0.3) is 5.57 Å². The van der Waals surface area contributed by atoms with Gasteiger partial charge in [-0.05, 0) is 54.5 Å². The lowest BCUT2D eigenvalue weighted by Gasteiger charge is -2.50. The molecule has 29 heavy (non-hydrogen) atoms. The fraction of sp³-hybridized carbons (Fsp3) is 0.348. The van der Waals surface area contributed by atoms with E-state index in [0.29, 0.717) is 0 Å². The van der Waals surface area contributed by atoms with Gasteiger partial charge in [0.05, 0.1) is 23.6 Å². The highest BCUT2D eigenvalue weighted by Crippen LogP contribution is 2.44. The van der Waals surface area contributed by atoms with Crippen molar-refractivity contribution >= 4 is 15.6 Å². The van der Waals surface area contributed by atoms with Crippen molar-refractivity contribution < 1.29 is 13.5 Å². The predicted molar refractivity (Wildman–Crippen MR) is 111 cm³/mol. The van der Waals surface area contributed by atoms with Crippen molar-refractivity contribution in [1.29, 1.82) is 5.26 Å². The summed E-state index contributed by atoms with van der Waals surface area (Å²) in [5.74, 6) is -0.349. The highest BCUT2D eigenvalue weighted by molar-refractivity contribution is 7.89. The van der Waals surface area contributed by atoms with Crippen molar-refractivity contribution in [2.75, 3.05) is 6.61 Å². The molecule has 0 spiro atoms. The molecule has 0 amide bonds. The van der Waals surface area contributed by atoms with E-state index in [9.17, 15) is 18.8 Å². The molecule has 2 aromatic carbocycles. The lowest BCUT2D eigenvalue weighted by molar-refractivity contribution is 0.0557. The molecule has 0 unspecified atom stereocenters. The Balaban J connectivity index is 1.62. The summed E-state index contributed by atoms with van der Waals surface area (Å²) >= 11 is 0. The number of rotatable bonds is 5. The average molecular weight is 409 g/mol. The second-order valence-corrected chi connectivity index (χ2v) is 9.44. The number of hydrogen-bond donors (Lipinski definition) is 1. The minimum atomic E-state index is -3.85. The molecule has 1 aliphatic heterocycles. The molecule has 1 N–H and O–H groups in total. The Morgan fingerprint density at radius 3 is 2.38 bits per heavy atom. The molecule has 1 saturated heterocycles. The van der Waals surface area contributed by atoms with Crippen molar-refractivity contribution in [2.45, 2.75) is 48.6 Å². The molecular weight excluding hydrogens is 384 g/mol. The topological polar surface area (TPSA) is 81.4 Å². The molecular formula is C23H24N2O3S. The summed E-state index contributed by atoms with van der Waals surface area (Å²) in [5, 5.41) is 19.7. The zero-order chi connectivity index (χ0) is 20.4. The number of nitrogens with zero attached hydrogens (tertiary/aromatic N) is 2. The van der Waals surface area contributed by atoms with E-state index >= 15 is 0 Å². The molecule has 2 aromatic rings. The average Bonchev–Trinajstić information content (AvgIpc) is 2.75. The summed E-state index contributed by atoms with van der Waals surface area (Å²) in [7, 11) is -3.85. The van der Waals surface area contributed by atoms with Gasteiger partial charge in [0.25, 0.3) is 0 Å². The van der Waals surface area contributed by atoms with Crippen molar-refractivity contribution in [3.05, 3.63) is 71.8 Å². The maximum absolute atomic E-state index is 13.0. The van der Waals surface area contributed by atoms with Gasteiger partial charge in [-0.2, -0.15) is 9.57 Å². The van der Waals surface area contributed by atoms with Gasteiger partial charge in [-0.25, -0.2) is 8.42 Å². The summed E-state index contributed by atoms with van der Waals surface area (Å²) in [5.41, 5.74) is 3.41. The Bertz CT molecular complexity index is 1040. The number of aliphatic hydroxyl groups is 1. The van der Waals surface area contributed by atoms with Gasteiger partial charge in [0.2, 0.25) is 10.0 Å². The van der Waals surface area contributed by atoms with E-state index in [1.54, 1.807) is 18.2 Å². The Labute approximate surface area is 172 Å². The Morgan fingerprint density at radius 1 is 1.07 bits per heavy atom. The van der Waals surface area contributed by atoms with E-state index in [0.717, 1.165) is 22.7 Å². The van der Waals surface area contributed by atoms with E-state index in [-0.39, 0.29) is 17.4 Å². The van der Waals surface area contributed by atoms with Crippen LogP contribution in [-0.2, 0) is 10.0 Å². The van der Waals surface area contributed by atoms with Crippen LogP contribution in [0.1, 0.15) is 42.7 Å². The van der Waals surface area contributed by atoms with Gasteiger partial charge in [0.1, 0.15) is 6.04 Å². The van der Waals surface area contributed by atoms with Crippen molar-refractivity contribution in [3.63, 3.8) is 0 Å². The number of sulfonamides is 1. The quantitative estimate of drug-likeness (QED) is 0.818. The molecule has 4 rings (SSSR count). The number of allylic oxidation sites excluding steroid dienone is 2. The largest absolute Gasteiger partial charge is 0.395 e. The lowest BCUT2D eigenvalue weighted by Crippen LogP contribution is -2.64. The third-order valence-electron chi connectivity index (χ3n) is 5.95. The van der Waals surface area contributed by atoms with Crippen LogP contribution in [0.2, 0.25) is 0 Å². The van der Waals surface area contributed by atoms with Crippen LogP contribution in [0, 0.1) is 11.3 Å². The first-order valence-corrected chi connectivity index (χ1v) is 11.4. The molecule has 1 heterocycles. The molecule has 3 atom stereocenters. The predicted octanol–water partition coefficient (Wildman–Crippen LogP) is 3.69. The smallest absolute Gasteiger partial charge is 0.244 e. The Hall–Kier alpha value is -2.46. The van der Waals surface area contributed by atoms with Crippen LogP contribution in [0.15, 0.2) is 65.6 Å². The molecule has 2 aliphatic rings. The Morgan fingerprint density at radius 2 is 1.79 bits per heavy atom. The summed E-state index contributed by atoms with van der Waals surface area (Å²) in [4.78, 5) is 0.136. The van der Waals surface area contributed by atoms with E-state index in [4.69, 9.17) is 0 Å². The van der Waals surface area contributed by atoms with Gasteiger partial charge >= 0.3 is 0 Å². The minimum absolute atomic E-state index is 0.136. The highest BCUT2D eigenvalue weighted by Gasteiger charge is 2.55. The van der Waals surface area contributed by atoms with Crippen molar-refractivity contribution in [3.8, 4) is 6.07 Å². The SMILES string of the molecule is N#C[C@@H]1[C@H](c2ccc(C3=CCCCC3)cc2)[C@H](CO)N1S(=O)(=O)c1ccccc1. The molecule has 1 aliphatic carbocycles. The van der Waals surface area contributed by atoms with E-state index in [1.165, 1.54) is 36.1 Å². The Kier molecular flexibility index (Phi) is 5.55. The molecule has 1 fully saturated rings. The maximum atomic E-state index is 13.0. The zero-order valence-corrected chi connectivity index (χ0v) is 16.9. The van der Waals surface area contributed by atoms with E-state index < -0.39 is 22.1 Å². The van der Waals surface area contributed by atoms with Crippen LogP contribution in [0.4, 0.5) is 0 Å². The molecule has 0 bridgehead atoms. The maximum Gasteiger partial charge on any atom is 0.244 e. The molecule has 0 radical (unpaired) electrons. The van der Waals surface area contributed by atoms with Crippen LogP contribution in [0.3, 0.4) is 0 Å². The molecule has 0 aromatic heterocycles. The first-order chi connectivity index (χ1) is 14.1. The molecule has 150 valence electrons. The van der Waals surface area contributed by atoms with E-state index in [2.05, 4.69) is 12.1 Å². The van der Waals surface area contributed by atoms with Crippen molar-refractivity contribution in [1.82, 2.24) is 4.31 Å². The second kappa shape index (κ2) is 8.11. The second-order valence-electron chi connectivity index (χ2n) is 7.59. The minimum Gasteiger partial charge on any atom is -0.395 e.